The van der Waals surface area contributed by atoms with Gasteiger partial charge in [0.05, 0.1) is 6.04 Å². The highest BCUT2D eigenvalue weighted by atomic mass is 35.5. The zero-order chi connectivity index (χ0) is 15.6. The fraction of sp³-hybridized carbons (Fsp3) is 0.412. The third-order valence-electron chi connectivity index (χ3n) is 3.63. The van der Waals surface area contributed by atoms with Crippen molar-refractivity contribution in [3.05, 3.63) is 51.9 Å². The molecule has 2 rings (SSSR count). The number of nitrogens with zero attached hydrogens (tertiary/aromatic N) is 2. The van der Waals surface area contributed by atoms with E-state index in [-0.39, 0.29) is 12.0 Å². The highest BCUT2D eigenvalue weighted by Crippen LogP contribution is 2.27. The maximum absolute atomic E-state index is 6.23. The summed E-state index contributed by atoms with van der Waals surface area (Å²) < 4.78 is 0. The van der Waals surface area contributed by atoms with Crippen molar-refractivity contribution in [3.8, 4) is 0 Å². The van der Waals surface area contributed by atoms with Gasteiger partial charge < -0.3 is 5.32 Å². The molecule has 0 saturated heterocycles. The summed E-state index contributed by atoms with van der Waals surface area (Å²) in [5.41, 5.74) is 3.42. The molecular weight excluding hydrogens is 282 g/mol. The molecule has 0 aliphatic carbocycles. The van der Waals surface area contributed by atoms with E-state index in [0.717, 1.165) is 17.2 Å². The minimum absolute atomic E-state index is 0.163. The maximum Gasteiger partial charge on any atom is 0.137 e. The molecule has 3 nitrogen and oxygen atoms in total. The van der Waals surface area contributed by atoms with Crippen molar-refractivity contribution in [3.63, 3.8) is 0 Å². The Morgan fingerprint density at radius 1 is 1.05 bits per heavy atom. The smallest absolute Gasteiger partial charge is 0.137 e. The molecule has 0 bridgehead atoms. The van der Waals surface area contributed by atoms with Gasteiger partial charge >= 0.3 is 0 Å². The van der Waals surface area contributed by atoms with Gasteiger partial charge in [-0.2, -0.15) is 0 Å². The zero-order valence-electron chi connectivity index (χ0n) is 13.2. The summed E-state index contributed by atoms with van der Waals surface area (Å²) >= 11 is 6.23. The van der Waals surface area contributed by atoms with Crippen molar-refractivity contribution in [2.45, 2.75) is 46.6 Å². The van der Waals surface area contributed by atoms with Crippen LogP contribution in [0.15, 0.2) is 24.3 Å². The molecule has 0 amide bonds. The van der Waals surface area contributed by atoms with E-state index in [1.807, 2.05) is 6.92 Å². The van der Waals surface area contributed by atoms with E-state index in [0.29, 0.717) is 5.15 Å². The largest absolute Gasteiger partial charge is 0.363 e. The summed E-state index contributed by atoms with van der Waals surface area (Å²) in [5, 5.41) is 3.99. The lowest BCUT2D eigenvalue weighted by molar-refractivity contribution is 0.764. The van der Waals surface area contributed by atoms with Gasteiger partial charge in [-0.3, -0.25) is 0 Å². The standard InChI is InChI=1S/C17H22ClN3/c1-10(2)16-20-15(18)12(4)17(21-16)19-13(5)14-9-7-6-8-11(14)3/h6-10,13H,1-5H3,(H,19,20,21). The number of aromatic nitrogens is 2. The van der Waals surface area contributed by atoms with Gasteiger partial charge in [0, 0.05) is 11.5 Å². The predicted molar refractivity (Wildman–Crippen MR) is 89.1 cm³/mol. The molecule has 0 radical (unpaired) electrons. The Labute approximate surface area is 131 Å². The van der Waals surface area contributed by atoms with Crippen LogP contribution >= 0.6 is 11.6 Å². The molecule has 1 aromatic carbocycles. The normalized spacial score (nSPS) is 12.5. The topological polar surface area (TPSA) is 37.8 Å². The minimum atomic E-state index is 0.163. The van der Waals surface area contributed by atoms with Crippen molar-refractivity contribution in [1.82, 2.24) is 9.97 Å². The number of hydrogen-bond acceptors (Lipinski definition) is 3. The summed E-state index contributed by atoms with van der Waals surface area (Å²) in [6.45, 7) is 10.3. The van der Waals surface area contributed by atoms with Gasteiger partial charge in [-0.1, -0.05) is 49.7 Å². The van der Waals surface area contributed by atoms with Crippen LogP contribution in [0.25, 0.3) is 0 Å². The van der Waals surface area contributed by atoms with E-state index in [1.165, 1.54) is 11.1 Å². The Kier molecular flexibility index (Phi) is 4.84. The SMILES string of the molecule is Cc1ccccc1C(C)Nc1nc(C(C)C)nc(Cl)c1C. The second-order valence-corrected chi connectivity index (χ2v) is 6.08. The van der Waals surface area contributed by atoms with Crippen LogP contribution in [-0.4, -0.2) is 9.97 Å². The van der Waals surface area contributed by atoms with Gasteiger partial charge in [0.1, 0.15) is 16.8 Å². The highest BCUT2D eigenvalue weighted by Gasteiger charge is 2.15. The summed E-state index contributed by atoms with van der Waals surface area (Å²) in [7, 11) is 0. The zero-order valence-corrected chi connectivity index (χ0v) is 14.0. The Hall–Kier alpha value is -1.61. The lowest BCUT2D eigenvalue weighted by Crippen LogP contribution is -2.13. The third-order valence-corrected chi connectivity index (χ3v) is 4.00. The first-order valence-electron chi connectivity index (χ1n) is 7.26. The number of rotatable bonds is 4. The van der Waals surface area contributed by atoms with E-state index in [4.69, 9.17) is 11.6 Å². The van der Waals surface area contributed by atoms with Crippen LogP contribution in [0.2, 0.25) is 5.15 Å². The van der Waals surface area contributed by atoms with Crippen molar-refractivity contribution >= 4 is 17.4 Å². The molecule has 0 spiro atoms. The fourth-order valence-corrected chi connectivity index (χ4v) is 2.44. The van der Waals surface area contributed by atoms with E-state index in [1.54, 1.807) is 0 Å². The van der Waals surface area contributed by atoms with E-state index in [9.17, 15) is 0 Å². The van der Waals surface area contributed by atoms with Gasteiger partial charge in [0.25, 0.3) is 0 Å². The van der Waals surface area contributed by atoms with E-state index >= 15 is 0 Å². The predicted octanol–water partition coefficient (Wildman–Crippen LogP) is 5.04. The molecule has 1 heterocycles. The van der Waals surface area contributed by atoms with Crippen molar-refractivity contribution in [1.29, 1.82) is 0 Å². The summed E-state index contributed by atoms with van der Waals surface area (Å²) in [5.74, 6) is 1.83. The highest BCUT2D eigenvalue weighted by molar-refractivity contribution is 6.30. The number of aryl methyl sites for hydroxylation is 1. The molecule has 0 aliphatic rings. The van der Waals surface area contributed by atoms with Crippen LogP contribution in [0.4, 0.5) is 5.82 Å². The van der Waals surface area contributed by atoms with Crippen LogP contribution in [-0.2, 0) is 0 Å². The molecular formula is C17H22ClN3. The number of halogens is 1. The maximum atomic E-state index is 6.23. The molecule has 112 valence electrons. The molecule has 1 atom stereocenters. The summed E-state index contributed by atoms with van der Waals surface area (Å²) in [6, 6.07) is 8.52. The van der Waals surface area contributed by atoms with Gasteiger partial charge in [0.15, 0.2) is 0 Å². The molecule has 1 unspecified atom stereocenters. The van der Waals surface area contributed by atoms with Crippen molar-refractivity contribution in [2.24, 2.45) is 0 Å². The number of anilines is 1. The van der Waals surface area contributed by atoms with Crippen LogP contribution in [0.5, 0.6) is 0 Å². The first kappa shape index (κ1) is 15.8. The van der Waals surface area contributed by atoms with E-state index < -0.39 is 0 Å². The molecule has 1 aromatic heterocycles. The minimum Gasteiger partial charge on any atom is -0.363 e. The molecule has 0 aliphatic heterocycles. The number of benzene rings is 1. The number of nitrogens with one attached hydrogen (secondary N) is 1. The van der Waals surface area contributed by atoms with Crippen LogP contribution in [0.3, 0.4) is 0 Å². The van der Waals surface area contributed by atoms with E-state index in [2.05, 4.69) is 67.2 Å². The molecule has 21 heavy (non-hydrogen) atoms. The van der Waals surface area contributed by atoms with Gasteiger partial charge in [0.2, 0.25) is 0 Å². The van der Waals surface area contributed by atoms with Gasteiger partial charge in [-0.25, -0.2) is 9.97 Å². The lowest BCUT2D eigenvalue weighted by Gasteiger charge is -2.19. The Morgan fingerprint density at radius 3 is 2.33 bits per heavy atom. The van der Waals surface area contributed by atoms with Crippen molar-refractivity contribution < 1.29 is 0 Å². The molecule has 0 fully saturated rings. The first-order chi connectivity index (χ1) is 9.90. The quantitative estimate of drug-likeness (QED) is 0.804. The summed E-state index contributed by atoms with van der Waals surface area (Å²) in [6.07, 6.45) is 0. The third kappa shape index (κ3) is 3.53. The first-order valence-corrected chi connectivity index (χ1v) is 7.64. The monoisotopic (exact) mass is 303 g/mol. The lowest BCUT2D eigenvalue weighted by atomic mass is 10.0. The molecule has 1 N–H and O–H groups in total. The molecule has 0 saturated carbocycles. The second kappa shape index (κ2) is 6.44. The average molecular weight is 304 g/mol. The average Bonchev–Trinajstić information content (AvgIpc) is 2.43. The van der Waals surface area contributed by atoms with Crippen LogP contribution in [0, 0.1) is 13.8 Å². The van der Waals surface area contributed by atoms with Crippen LogP contribution in [0.1, 0.15) is 55.2 Å². The van der Waals surface area contributed by atoms with Gasteiger partial charge in [-0.15, -0.1) is 0 Å². The van der Waals surface area contributed by atoms with Crippen molar-refractivity contribution in [2.75, 3.05) is 5.32 Å². The Balaban J connectivity index is 2.33. The summed E-state index contributed by atoms with van der Waals surface area (Å²) in [4.78, 5) is 8.97. The van der Waals surface area contributed by atoms with Gasteiger partial charge in [-0.05, 0) is 31.9 Å². The Bertz CT molecular complexity index is 638. The fourth-order valence-electron chi connectivity index (χ4n) is 2.26. The number of hydrogen-bond donors (Lipinski definition) is 1. The second-order valence-electron chi connectivity index (χ2n) is 5.72. The Morgan fingerprint density at radius 2 is 1.71 bits per heavy atom. The van der Waals surface area contributed by atoms with Crippen LogP contribution < -0.4 is 5.32 Å². The molecule has 2 aromatic rings. The molecule has 4 heteroatoms.